The van der Waals surface area contributed by atoms with Gasteiger partial charge in [0.15, 0.2) is 6.29 Å². The van der Waals surface area contributed by atoms with Crippen LogP contribution in [0.5, 0.6) is 0 Å². The minimum Gasteiger partial charge on any atom is -0.481 e. The van der Waals surface area contributed by atoms with Crippen LogP contribution >= 0.6 is 0 Å². The minimum atomic E-state index is -1.49. The molecule has 35 heavy (non-hydrogen) atoms. The summed E-state index contributed by atoms with van der Waals surface area (Å²) < 4.78 is 11.1. The Morgan fingerprint density at radius 1 is 0.771 bits per heavy atom. The van der Waals surface area contributed by atoms with Crippen LogP contribution in [0, 0.1) is 0 Å². The third-order valence-electron chi connectivity index (χ3n) is 6.82. The SMILES string of the molecule is C[C@@H](O)[C@@H](CCCCCCCCCCCCCCCCC(=O)O)O[C@H]1O[C@@H](CO)[C@@H](O)[C@@H](O)[C@H]1O. The van der Waals surface area contributed by atoms with E-state index in [0.29, 0.717) is 6.42 Å². The Morgan fingerprint density at radius 2 is 1.23 bits per heavy atom. The van der Waals surface area contributed by atoms with Gasteiger partial charge in [0.2, 0.25) is 0 Å². The topological polar surface area (TPSA) is 157 Å². The average Bonchev–Trinajstić information content (AvgIpc) is 2.82. The van der Waals surface area contributed by atoms with Gasteiger partial charge in [0.25, 0.3) is 0 Å². The molecular formula is C26H50O9. The second-order valence-electron chi connectivity index (χ2n) is 9.99. The van der Waals surface area contributed by atoms with Crippen molar-refractivity contribution < 1.29 is 44.9 Å². The van der Waals surface area contributed by atoms with Gasteiger partial charge in [-0.3, -0.25) is 4.79 Å². The number of carboxylic acid groups (broad SMARTS) is 1. The van der Waals surface area contributed by atoms with Crippen LogP contribution in [0.4, 0.5) is 0 Å². The summed E-state index contributed by atoms with van der Waals surface area (Å²) in [4.78, 5) is 10.5. The summed E-state index contributed by atoms with van der Waals surface area (Å²) in [5, 5.41) is 57.9. The monoisotopic (exact) mass is 506 g/mol. The molecule has 0 bridgehead atoms. The Kier molecular flexibility index (Phi) is 17.8. The number of aliphatic hydroxyl groups is 5. The van der Waals surface area contributed by atoms with Crippen LogP contribution in [0.25, 0.3) is 0 Å². The van der Waals surface area contributed by atoms with Crippen molar-refractivity contribution in [2.24, 2.45) is 0 Å². The van der Waals surface area contributed by atoms with Crippen molar-refractivity contribution in [3.05, 3.63) is 0 Å². The van der Waals surface area contributed by atoms with Gasteiger partial charge in [-0.2, -0.15) is 0 Å². The second-order valence-corrected chi connectivity index (χ2v) is 9.99. The molecular weight excluding hydrogens is 456 g/mol. The summed E-state index contributed by atoms with van der Waals surface area (Å²) in [6, 6.07) is 0. The number of ether oxygens (including phenoxy) is 2. The fourth-order valence-corrected chi connectivity index (χ4v) is 4.52. The lowest BCUT2D eigenvalue weighted by atomic mass is 9.99. The summed E-state index contributed by atoms with van der Waals surface area (Å²) in [6.07, 6.45) is 8.69. The highest BCUT2D eigenvalue weighted by atomic mass is 16.7. The van der Waals surface area contributed by atoms with E-state index in [2.05, 4.69) is 0 Å². The predicted octanol–water partition coefficient (Wildman–Crippen LogP) is 2.88. The highest BCUT2D eigenvalue weighted by molar-refractivity contribution is 5.66. The van der Waals surface area contributed by atoms with Gasteiger partial charge in [-0.05, 0) is 19.8 Å². The van der Waals surface area contributed by atoms with E-state index in [1.807, 2.05) is 0 Å². The zero-order valence-corrected chi connectivity index (χ0v) is 21.5. The third kappa shape index (κ3) is 13.9. The highest BCUT2D eigenvalue weighted by Crippen LogP contribution is 2.25. The molecule has 9 nitrogen and oxygen atoms in total. The molecule has 1 rings (SSSR count). The first-order valence-corrected chi connectivity index (χ1v) is 13.6. The predicted molar refractivity (Wildman–Crippen MR) is 132 cm³/mol. The second kappa shape index (κ2) is 19.3. The van der Waals surface area contributed by atoms with Crippen molar-refractivity contribution >= 4 is 5.97 Å². The molecule has 0 unspecified atom stereocenters. The van der Waals surface area contributed by atoms with Gasteiger partial charge in [0, 0.05) is 6.42 Å². The van der Waals surface area contributed by atoms with Crippen LogP contribution in [-0.4, -0.2) is 86.1 Å². The molecule has 0 aliphatic carbocycles. The van der Waals surface area contributed by atoms with E-state index in [1.165, 1.54) is 51.4 Å². The van der Waals surface area contributed by atoms with Gasteiger partial charge in [0.05, 0.1) is 18.8 Å². The van der Waals surface area contributed by atoms with Crippen LogP contribution in [0.2, 0.25) is 0 Å². The van der Waals surface area contributed by atoms with E-state index >= 15 is 0 Å². The van der Waals surface area contributed by atoms with E-state index in [1.54, 1.807) is 6.92 Å². The van der Waals surface area contributed by atoms with Crippen molar-refractivity contribution in [3.8, 4) is 0 Å². The first-order chi connectivity index (χ1) is 16.8. The van der Waals surface area contributed by atoms with E-state index in [-0.39, 0.29) is 6.42 Å². The van der Waals surface area contributed by atoms with Crippen molar-refractivity contribution in [1.82, 2.24) is 0 Å². The fourth-order valence-electron chi connectivity index (χ4n) is 4.52. The fraction of sp³-hybridized carbons (Fsp3) is 0.962. The van der Waals surface area contributed by atoms with Crippen LogP contribution in [0.15, 0.2) is 0 Å². The van der Waals surface area contributed by atoms with Gasteiger partial charge in [0.1, 0.15) is 24.4 Å². The number of unbranched alkanes of at least 4 members (excludes halogenated alkanes) is 13. The lowest BCUT2D eigenvalue weighted by Gasteiger charge is -2.41. The molecule has 0 spiro atoms. The summed E-state index contributed by atoms with van der Waals surface area (Å²) in [6.45, 7) is 1.09. The standard InChI is InChI=1S/C26H50O9/c1-19(28)20(34-26-25(33)24(32)23(31)21(18-27)35-26)16-14-12-10-8-6-4-2-3-5-7-9-11-13-15-17-22(29)30/h19-21,23-28,31-33H,2-18H2,1H3,(H,29,30)/t19-,20-,21+,23-,24-,25-,26+/m1/s1. The number of hydrogen-bond acceptors (Lipinski definition) is 8. The van der Waals surface area contributed by atoms with Crippen LogP contribution < -0.4 is 0 Å². The summed E-state index contributed by atoms with van der Waals surface area (Å²) in [7, 11) is 0. The number of carbonyl (C=O) groups is 1. The average molecular weight is 507 g/mol. The number of hydrogen-bond donors (Lipinski definition) is 6. The van der Waals surface area contributed by atoms with Gasteiger partial charge in [-0.25, -0.2) is 0 Å². The number of rotatable bonds is 21. The Hall–Kier alpha value is -0.810. The maximum Gasteiger partial charge on any atom is 0.303 e. The number of carboxylic acids is 1. The lowest BCUT2D eigenvalue weighted by molar-refractivity contribution is -0.317. The molecule has 1 heterocycles. The van der Waals surface area contributed by atoms with Crippen molar-refractivity contribution in [2.45, 2.75) is 153 Å². The number of aliphatic hydroxyl groups excluding tert-OH is 5. The Balaban J connectivity index is 2.04. The number of aliphatic carboxylic acids is 1. The molecule has 0 amide bonds. The molecule has 0 radical (unpaired) electrons. The Bertz CT molecular complexity index is 529. The Morgan fingerprint density at radius 3 is 1.66 bits per heavy atom. The van der Waals surface area contributed by atoms with Gasteiger partial charge in [-0.1, -0.05) is 83.5 Å². The van der Waals surface area contributed by atoms with Gasteiger partial charge < -0.3 is 40.1 Å². The first-order valence-electron chi connectivity index (χ1n) is 13.6. The van der Waals surface area contributed by atoms with E-state index in [0.717, 1.165) is 38.5 Å². The van der Waals surface area contributed by atoms with Crippen molar-refractivity contribution in [1.29, 1.82) is 0 Å². The zero-order chi connectivity index (χ0) is 26.1. The van der Waals surface area contributed by atoms with Crippen molar-refractivity contribution in [2.75, 3.05) is 6.61 Å². The molecule has 0 saturated carbocycles. The molecule has 208 valence electrons. The normalized spacial score (nSPS) is 26.5. The molecule has 1 aliphatic heterocycles. The molecule has 7 atom stereocenters. The largest absolute Gasteiger partial charge is 0.481 e. The molecule has 1 aliphatic rings. The minimum absolute atomic E-state index is 0.289. The maximum absolute atomic E-state index is 10.5. The van der Waals surface area contributed by atoms with Gasteiger partial charge in [-0.15, -0.1) is 0 Å². The van der Waals surface area contributed by atoms with Gasteiger partial charge >= 0.3 is 5.97 Å². The van der Waals surface area contributed by atoms with Crippen molar-refractivity contribution in [3.63, 3.8) is 0 Å². The van der Waals surface area contributed by atoms with Crippen LogP contribution in [-0.2, 0) is 14.3 Å². The summed E-state index contributed by atoms with van der Waals surface area (Å²) >= 11 is 0. The highest BCUT2D eigenvalue weighted by Gasteiger charge is 2.45. The molecule has 0 aromatic carbocycles. The smallest absolute Gasteiger partial charge is 0.303 e. The molecule has 9 heteroatoms. The summed E-state index contributed by atoms with van der Waals surface area (Å²) in [5.74, 6) is -0.699. The van der Waals surface area contributed by atoms with Crippen LogP contribution in [0.3, 0.4) is 0 Å². The molecule has 0 aromatic heterocycles. The lowest BCUT2D eigenvalue weighted by Crippen LogP contribution is -2.60. The quantitative estimate of drug-likeness (QED) is 0.129. The summed E-state index contributed by atoms with van der Waals surface area (Å²) in [5.41, 5.74) is 0. The molecule has 6 N–H and O–H groups in total. The molecule has 1 fully saturated rings. The molecule has 1 saturated heterocycles. The third-order valence-corrected chi connectivity index (χ3v) is 6.82. The first kappa shape index (κ1) is 32.2. The maximum atomic E-state index is 10.5. The van der Waals surface area contributed by atoms with E-state index < -0.39 is 55.5 Å². The van der Waals surface area contributed by atoms with E-state index in [4.69, 9.17) is 14.6 Å². The molecule has 0 aromatic rings. The van der Waals surface area contributed by atoms with E-state index in [9.17, 15) is 30.3 Å². The van der Waals surface area contributed by atoms with Crippen LogP contribution in [0.1, 0.15) is 110 Å². The zero-order valence-electron chi connectivity index (χ0n) is 21.5. The Labute approximate surface area is 210 Å².